The van der Waals surface area contributed by atoms with Crippen molar-refractivity contribution in [2.24, 2.45) is 13.0 Å². The van der Waals surface area contributed by atoms with Crippen LogP contribution < -0.4 is 10.7 Å². The van der Waals surface area contributed by atoms with Gasteiger partial charge in [0.1, 0.15) is 5.82 Å². The van der Waals surface area contributed by atoms with E-state index in [1.54, 1.807) is 0 Å². The minimum atomic E-state index is 0.479. The first kappa shape index (κ1) is 8.30. The minimum absolute atomic E-state index is 0.479. The number of hydrogen-bond donors (Lipinski definition) is 0. The molecular formula is C11H14N2. The zero-order chi connectivity index (χ0) is 9.42. The van der Waals surface area contributed by atoms with E-state index in [4.69, 9.17) is 0 Å². The van der Waals surface area contributed by atoms with Crippen LogP contribution in [-0.4, -0.2) is 9.55 Å². The van der Waals surface area contributed by atoms with Crippen molar-refractivity contribution in [3.8, 4) is 0 Å². The van der Waals surface area contributed by atoms with Crippen molar-refractivity contribution in [2.45, 2.75) is 13.8 Å². The second-order valence-electron chi connectivity index (χ2n) is 3.57. The van der Waals surface area contributed by atoms with Crippen molar-refractivity contribution in [2.75, 3.05) is 0 Å². The first-order chi connectivity index (χ1) is 6.18. The molecule has 0 radical (unpaired) electrons. The Bertz CT molecular complexity index is 463. The van der Waals surface area contributed by atoms with E-state index in [-0.39, 0.29) is 0 Å². The van der Waals surface area contributed by atoms with Gasteiger partial charge in [0.25, 0.3) is 0 Å². The molecule has 0 aliphatic heterocycles. The van der Waals surface area contributed by atoms with E-state index in [2.05, 4.69) is 47.8 Å². The van der Waals surface area contributed by atoms with Crippen LogP contribution in [0.15, 0.2) is 12.2 Å². The van der Waals surface area contributed by atoms with Gasteiger partial charge in [-0.25, -0.2) is 4.98 Å². The molecule has 0 saturated carbocycles. The number of fused-ring (bicyclic) bond motifs is 1. The molecule has 0 N–H and O–H groups in total. The summed E-state index contributed by atoms with van der Waals surface area (Å²) in [7, 11) is 2.05. The highest BCUT2D eigenvalue weighted by atomic mass is 15.0. The average Bonchev–Trinajstić information content (AvgIpc) is 2.28. The van der Waals surface area contributed by atoms with E-state index in [9.17, 15) is 0 Å². The summed E-state index contributed by atoms with van der Waals surface area (Å²) in [5, 5.41) is 2.32. The summed E-state index contributed by atoms with van der Waals surface area (Å²) in [6.07, 6.45) is 8.60. The van der Waals surface area contributed by atoms with Gasteiger partial charge in [0.05, 0.1) is 10.7 Å². The third-order valence-corrected chi connectivity index (χ3v) is 2.48. The van der Waals surface area contributed by atoms with Gasteiger partial charge >= 0.3 is 0 Å². The fourth-order valence-corrected chi connectivity index (χ4v) is 1.60. The van der Waals surface area contributed by atoms with Gasteiger partial charge < -0.3 is 4.57 Å². The topological polar surface area (TPSA) is 17.8 Å². The molecule has 0 spiro atoms. The Kier molecular flexibility index (Phi) is 1.83. The maximum absolute atomic E-state index is 4.50. The largest absolute Gasteiger partial charge is 0.331 e. The van der Waals surface area contributed by atoms with Crippen LogP contribution in [0.5, 0.6) is 0 Å². The Morgan fingerprint density at radius 3 is 3.00 bits per heavy atom. The van der Waals surface area contributed by atoms with Crippen LogP contribution in [0, 0.1) is 12.8 Å². The van der Waals surface area contributed by atoms with E-state index in [0.29, 0.717) is 5.92 Å². The van der Waals surface area contributed by atoms with Crippen molar-refractivity contribution in [1.82, 2.24) is 9.55 Å². The van der Waals surface area contributed by atoms with Crippen LogP contribution >= 0.6 is 0 Å². The molecule has 1 aromatic heterocycles. The van der Waals surface area contributed by atoms with E-state index >= 15 is 0 Å². The summed E-state index contributed by atoms with van der Waals surface area (Å²) in [6, 6.07) is 0. The highest BCUT2D eigenvalue weighted by Crippen LogP contribution is 2.00. The fraction of sp³-hybridized carbons (Fsp3) is 0.364. The SMILES string of the molecule is Cc1nc2c(n1C)=CC=CC(C)C=2. The van der Waals surface area contributed by atoms with Crippen molar-refractivity contribution < 1.29 is 0 Å². The van der Waals surface area contributed by atoms with Gasteiger partial charge in [-0.15, -0.1) is 0 Å². The second-order valence-corrected chi connectivity index (χ2v) is 3.57. The number of hydrogen-bond acceptors (Lipinski definition) is 1. The molecule has 1 aromatic rings. The number of aryl methyl sites for hydroxylation is 1. The first-order valence-corrected chi connectivity index (χ1v) is 4.58. The van der Waals surface area contributed by atoms with Crippen molar-refractivity contribution in [3.05, 3.63) is 28.7 Å². The van der Waals surface area contributed by atoms with Crippen LogP contribution in [-0.2, 0) is 7.05 Å². The number of imidazole rings is 1. The Balaban J connectivity index is 2.82. The van der Waals surface area contributed by atoms with Crippen molar-refractivity contribution >= 4 is 12.2 Å². The maximum Gasteiger partial charge on any atom is 0.106 e. The molecule has 1 unspecified atom stereocenters. The van der Waals surface area contributed by atoms with Crippen LogP contribution in [0.2, 0.25) is 0 Å². The molecule has 0 amide bonds. The third-order valence-electron chi connectivity index (χ3n) is 2.48. The zero-order valence-electron chi connectivity index (χ0n) is 8.28. The summed E-state index contributed by atoms with van der Waals surface area (Å²) < 4.78 is 2.12. The van der Waals surface area contributed by atoms with E-state index in [1.165, 1.54) is 5.35 Å². The Hall–Kier alpha value is -1.31. The molecule has 0 bridgehead atoms. The highest BCUT2D eigenvalue weighted by Gasteiger charge is 2.01. The first-order valence-electron chi connectivity index (χ1n) is 4.58. The summed E-state index contributed by atoms with van der Waals surface area (Å²) >= 11 is 0. The molecule has 0 saturated heterocycles. The molecule has 68 valence electrons. The zero-order valence-corrected chi connectivity index (χ0v) is 8.28. The summed E-state index contributed by atoms with van der Waals surface area (Å²) in [5.41, 5.74) is 0. The number of aromatic nitrogens is 2. The molecule has 13 heavy (non-hydrogen) atoms. The molecule has 1 atom stereocenters. The quantitative estimate of drug-likeness (QED) is 0.560. The number of nitrogens with zero attached hydrogens (tertiary/aromatic N) is 2. The minimum Gasteiger partial charge on any atom is -0.331 e. The van der Waals surface area contributed by atoms with Crippen LogP contribution in [0.4, 0.5) is 0 Å². The predicted molar refractivity (Wildman–Crippen MR) is 54.4 cm³/mol. The Morgan fingerprint density at radius 1 is 1.46 bits per heavy atom. The molecule has 2 rings (SSSR count). The molecule has 0 fully saturated rings. The van der Waals surface area contributed by atoms with Crippen molar-refractivity contribution in [1.29, 1.82) is 0 Å². The van der Waals surface area contributed by atoms with Gasteiger partial charge in [-0.3, -0.25) is 0 Å². The summed E-state index contributed by atoms with van der Waals surface area (Å²) in [4.78, 5) is 4.50. The lowest BCUT2D eigenvalue weighted by Gasteiger charge is -1.92. The second kappa shape index (κ2) is 2.87. The van der Waals surface area contributed by atoms with Crippen molar-refractivity contribution in [3.63, 3.8) is 0 Å². The van der Waals surface area contributed by atoms with E-state index in [0.717, 1.165) is 11.2 Å². The normalized spacial score (nSPS) is 20.1. The highest BCUT2D eigenvalue weighted by molar-refractivity contribution is 5.43. The molecular weight excluding hydrogens is 160 g/mol. The van der Waals surface area contributed by atoms with Gasteiger partial charge in [0.15, 0.2) is 0 Å². The lowest BCUT2D eigenvalue weighted by atomic mass is 10.2. The molecule has 2 heteroatoms. The van der Waals surface area contributed by atoms with Gasteiger partial charge in [-0.05, 0) is 25.0 Å². The van der Waals surface area contributed by atoms with E-state index in [1.807, 2.05) is 6.92 Å². The Labute approximate surface area is 77.9 Å². The van der Waals surface area contributed by atoms with Gasteiger partial charge in [-0.1, -0.05) is 19.1 Å². The third kappa shape index (κ3) is 1.32. The smallest absolute Gasteiger partial charge is 0.106 e. The molecule has 0 aromatic carbocycles. The standard InChI is InChI=1S/C11H14N2/c1-8-5-4-6-11-10(7-8)12-9(2)13(11)3/h4-8H,1-3H3. The molecule has 1 aliphatic carbocycles. The maximum atomic E-state index is 4.50. The van der Waals surface area contributed by atoms with Gasteiger partial charge in [-0.2, -0.15) is 0 Å². The fourth-order valence-electron chi connectivity index (χ4n) is 1.60. The number of rotatable bonds is 0. The number of allylic oxidation sites excluding steroid dienone is 2. The van der Waals surface area contributed by atoms with Crippen LogP contribution in [0.25, 0.3) is 12.2 Å². The average molecular weight is 174 g/mol. The summed E-state index contributed by atoms with van der Waals surface area (Å²) in [5.74, 6) is 1.55. The molecule has 1 aliphatic rings. The van der Waals surface area contributed by atoms with Crippen LogP contribution in [0.1, 0.15) is 12.7 Å². The molecule has 1 heterocycles. The van der Waals surface area contributed by atoms with Crippen LogP contribution in [0.3, 0.4) is 0 Å². The van der Waals surface area contributed by atoms with Gasteiger partial charge in [0, 0.05) is 7.05 Å². The monoisotopic (exact) mass is 174 g/mol. The lowest BCUT2D eigenvalue weighted by molar-refractivity contribution is 0.833. The lowest BCUT2D eigenvalue weighted by Crippen LogP contribution is -2.28. The Morgan fingerprint density at radius 2 is 2.23 bits per heavy atom. The summed E-state index contributed by atoms with van der Waals surface area (Å²) in [6.45, 7) is 4.20. The molecule has 2 nitrogen and oxygen atoms in total. The van der Waals surface area contributed by atoms with Gasteiger partial charge in [0.2, 0.25) is 0 Å². The van der Waals surface area contributed by atoms with E-state index < -0.39 is 0 Å². The predicted octanol–water partition coefficient (Wildman–Crippen LogP) is 0.495.